The van der Waals surface area contributed by atoms with Crippen molar-refractivity contribution in [1.82, 2.24) is 5.32 Å². The molecule has 2 aromatic carbocycles. The number of carbonyl (C=O) groups excluding carboxylic acids is 1. The van der Waals surface area contributed by atoms with Crippen molar-refractivity contribution in [3.63, 3.8) is 0 Å². The van der Waals surface area contributed by atoms with Gasteiger partial charge in [0.05, 0.1) is 20.8 Å². The zero-order valence-electron chi connectivity index (χ0n) is 15.7. The molecule has 0 heterocycles. The Morgan fingerprint density at radius 2 is 1.79 bits per heavy atom. The number of halogens is 2. The minimum atomic E-state index is -0.0995. The van der Waals surface area contributed by atoms with Crippen molar-refractivity contribution in [2.75, 3.05) is 26.1 Å². The van der Waals surface area contributed by atoms with Crippen LogP contribution in [0.15, 0.2) is 51.9 Å². The minimum absolute atomic E-state index is 0. The summed E-state index contributed by atoms with van der Waals surface area (Å²) in [5, 5.41) is 5.75. The Morgan fingerprint density at radius 3 is 2.43 bits per heavy atom. The molecule has 0 aliphatic carbocycles. The molecule has 152 valence electrons. The first-order valence-corrected chi connectivity index (χ1v) is 9.11. The standard InChI is InChI=1S/C19H23BrN4O3.HI/c1-26-16-8-3-13(11-17(16)27-2)12-23-19(21)22-10-9-18(25)24-15-6-4-14(20)5-7-15;/h3-8,11H,9-10,12H2,1-2H3,(H,24,25)(H3,21,22,23);1H. The molecule has 0 spiro atoms. The number of nitrogens with two attached hydrogens (primary N) is 1. The summed E-state index contributed by atoms with van der Waals surface area (Å²) in [6, 6.07) is 13.0. The molecular weight excluding hydrogens is 539 g/mol. The summed E-state index contributed by atoms with van der Waals surface area (Å²) in [6.07, 6.45) is 0.280. The van der Waals surface area contributed by atoms with Gasteiger partial charge in [0, 0.05) is 23.1 Å². The van der Waals surface area contributed by atoms with Crippen molar-refractivity contribution in [3.05, 3.63) is 52.5 Å². The van der Waals surface area contributed by atoms with Gasteiger partial charge in [-0.15, -0.1) is 24.0 Å². The van der Waals surface area contributed by atoms with Gasteiger partial charge in [0.2, 0.25) is 5.91 Å². The van der Waals surface area contributed by atoms with E-state index in [-0.39, 0.29) is 42.3 Å². The van der Waals surface area contributed by atoms with Gasteiger partial charge >= 0.3 is 0 Å². The Balaban J connectivity index is 0.00000392. The third-order valence-corrected chi connectivity index (χ3v) is 4.19. The van der Waals surface area contributed by atoms with Crippen molar-refractivity contribution in [2.45, 2.75) is 13.0 Å². The van der Waals surface area contributed by atoms with E-state index in [4.69, 9.17) is 15.2 Å². The molecular formula is C19H24BrIN4O3. The Bertz CT molecular complexity index is 800. The Morgan fingerprint density at radius 1 is 1.11 bits per heavy atom. The van der Waals surface area contributed by atoms with E-state index >= 15 is 0 Å². The normalized spacial score (nSPS) is 10.6. The number of guanidine groups is 1. The summed E-state index contributed by atoms with van der Waals surface area (Å²) < 4.78 is 11.4. The topological polar surface area (TPSA) is 98.0 Å². The Labute approximate surface area is 190 Å². The number of anilines is 1. The minimum Gasteiger partial charge on any atom is -0.493 e. The summed E-state index contributed by atoms with van der Waals surface area (Å²) in [7, 11) is 3.17. The smallest absolute Gasteiger partial charge is 0.226 e. The van der Waals surface area contributed by atoms with Gasteiger partial charge in [-0.2, -0.15) is 0 Å². The molecule has 28 heavy (non-hydrogen) atoms. The van der Waals surface area contributed by atoms with E-state index in [9.17, 15) is 4.79 Å². The van der Waals surface area contributed by atoms with E-state index in [0.717, 1.165) is 15.7 Å². The number of aliphatic imine (C=N–C) groups is 1. The number of nitrogens with zero attached hydrogens (tertiary/aromatic N) is 1. The van der Waals surface area contributed by atoms with E-state index < -0.39 is 0 Å². The van der Waals surface area contributed by atoms with Gasteiger partial charge in [-0.25, -0.2) is 4.99 Å². The van der Waals surface area contributed by atoms with Crippen LogP contribution in [0.2, 0.25) is 0 Å². The van der Waals surface area contributed by atoms with Gasteiger partial charge in [-0.3, -0.25) is 4.79 Å². The van der Waals surface area contributed by atoms with Crippen molar-refractivity contribution < 1.29 is 14.3 Å². The summed E-state index contributed by atoms with van der Waals surface area (Å²) in [5.41, 5.74) is 7.53. The largest absolute Gasteiger partial charge is 0.493 e. The number of amides is 1. The van der Waals surface area contributed by atoms with Crippen LogP contribution in [0, 0.1) is 0 Å². The Hall–Kier alpha value is -2.01. The number of benzene rings is 2. The number of nitrogens with one attached hydrogen (secondary N) is 2. The fourth-order valence-corrected chi connectivity index (χ4v) is 2.54. The van der Waals surface area contributed by atoms with Crippen LogP contribution in [0.1, 0.15) is 12.0 Å². The number of methoxy groups -OCH3 is 2. The predicted molar refractivity (Wildman–Crippen MR) is 126 cm³/mol. The molecule has 0 aromatic heterocycles. The number of hydrogen-bond acceptors (Lipinski definition) is 4. The van der Waals surface area contributed by atoms with Crippen LogP contribution in [0.25, 0.3) is 0 Å². The summed E-state index contributed by atoms with van der Waals surface area (Å²) >= 11 is 3.35. The molecule has 0 unspecified atom stereocenters. The molecule has 0 saturated heterocycles. The van der Waals surface area contributed by atoms with Crippen LogP contribution >= 0.6 is 39.9 Å². The van der Waals surface area contributed by atoms with Crippen LogP contribution < -0.4 is 25.8 Å². The first-order chi connectivity index (χ1) is 13.0. The SMILES string of the molecule is COc1ccc(CN=C(N)NCCC(=O)Nc2ccc(Br)cc2)cc1OC.I. The lowest BCUT2D eigenvalue weighted by Crippen LogP contribution is -2.34. The molecule has 0 aliphatic heterocycles. The molecule has 9 heteroatoms. The number of hydrogen-bond donors (Lipinski definition) is 3. The van der Waals surface area contributed by atoms with E-state index in [1.54, 1.807) is 14.2 Å². The number of ether oxygens (including phenoxy) is 2. The van der Waals surface area contributed by atoms with Gasteiger partial charge in [0.25, 0.3) is 0 Å². The number of carbonyl (C=O) groups is 1. The Kier molecular flexibility index (Phi) is 10.7. The molecule has 4 N–H and O–H groups in total. The van der Waals surface area contributed by atoms with E-state index in [1.807, 2.05) is 42.5 Å². The fraction of sp³-hybridized carbons (Fsp3) is 0.263. The highest BCUT2D eigenvalue weighted by Crippen LogP contribution is 2.27. The van der Waals surface area contributed by atoms with Gasteiger partial charge in [0.15, 0.2) is 17.5 Å². The van der Waals surface area contributed by atoms with Crippen molar-refractivity contribution >= 4 is 57.5 Å². The second-order valence-corrected chi connectivity index (χ2v) is 6.54. The molecule has 2 aromatic rings. The van der Waals surface area contributed by atoms with Crippen LogP contribution in [-0.4, -0.2) is 32.6 Å². The van der Waals surface area contributed by atoms with E-state index in [1.165, 1.54) is 0 Å². The summed E-state index contributed by atoms with van der Waals surface area (Å²) in [4.78, 5) is 16.2. The molecule has 1 amide bonds. The fourth-order valence-electron chi connectivity index (χ4n) is 2.27. The first-order valence-electron chi connectivity index (χ1n) is 8.32. The van der Waals surface area contributed by atoms with E-state index in [0.29, 0.717) is 24.6 Å². The van der Waals surface area contributed by atoms with Crippen LogP contribution in [0.3, 0.4) is 0 Å². The van der Waals surface area contributed by atoms with Gasteiger partial charge < -0.3 is 25.8 Å². The zero-order chi connectivity index (χ0) is 19.6. The third kappa shape index (κ3) is 7.93. The first kappa shape index (κ1) is 24.0. The van der Waals surface area contributed by atoms with Crippen LogP contribution in [-0.2, 0) is 11.3 Å². The molecule has 0 aliphatic rings. The molecule has 0 radical (unpaired) electrons. The van der Waals surface area contributed by atoms with Gasteiger partial charge in [0.1, 0.15) is 0 Å². The van der Waals surface area contributed by atoms with Crippen molar-refractivity contribution in [3.8, 4) is 11.5 Å². The highest BCUT2D eigenvalue weighted by atomic mass is 127. The van der Waals surface area contributed by atoms with Gasteiger partial charge in [-0.05, 0) is 42.0 Å². The quantitative estimate of drug-likeness (QED) is 0.260. The highest BCUT2D eigenvalue weighted by molar-refractivity contribution is 14.0. The molecule has 0 bridgehead atoms. The maximum atomic E-state index is 11.9. The van der Waals surface area contributed by atoms with Crippen molar-refractivity contribution in [2.24, 2.45) is 10.7 Å². The monoisotopic (exact) mass is 562 g/mol. The molecule has 0 fully saturated rings. The second-order valence-electron chi connectivity index (χ2n) is 5.62. The zero-order valence-corrected chi connectivity index (χ0v) is 19.6. The van der Waals surface area contributed by atoms with Crippen molar-refractivity contribution in [1.29, 1.82) is 0 Å². The predicted octanol–water partition coefficient (Wildman–Crippen LogP) is 3.52. The average Bonchev–Trinajstić information content (AvgIpc) is 2.67. The average molecular weight is 563 g/mol. The van der Waals surface area contributed by atoms with Crippen LogP contribution in [0.4, 0.5) is 5.69 Å². The van der Waals surface area contributed by atoms with E-state index in [2.05, 4.69) is 31.6 Å². The number of rotatable bonds is 8. The highest BCUT2D eigenvalue weighted by Gasteiger charge is 2.05. The molecule has 2 rings (SSSR count). The summed E-state index contributed by atoms with van der Waals surface area (Å²) in [6.45, 7) is 0.786. The molecule has 0 atom stereocenters. The lowest BCUT2D eigenvalue weighted by Gasteiger charge is -2.09. The molecule has 7 nitrogen and oxygen atoms in total. The summed E-state index contributed by atoms with van der Waals surface area (Å²) in [5.74, 6) is 1.48. The lowest BCUT2D eigenvalue weighted by atomic mass is 10.2. The molecule has 0 saturated carbocycles. The van der Waals surface area contributed by atoms with Crippen LogP contribution in [0.5, 0.6) is 11.5 Å². The lowest BCUT2D eigenvalue weighted by molar-refractivity contribution is -0.116. The third-order valence-electron chi connectivity index (χ3n) is 3.67. The second kappa shape index (κ2) is 12.4. The maximum Gasteiger partial charge on any atom is 0.226 e. The van der Waals surface area contributed by atoms with Gasteiger partial charge in [-0.1, -0.05) is 22.0 Å². The maximum absolute atomic E-state index is 11.9.